The number of esters is 1. The molecule has 3 N–H and O–H groups in total. The minimum absolute atomic E-state index is 0.0401. The van der Waals surface area contributed by atoms with Gasteiger partial charge in [0, 0.05) is 16.1 Å². The number of halogens is 1. The maximum atomic E-state index is 13.7. The summed E-state index contributed by atoms with van der Waals surface area (Å²) in [5, 5.41) is 5.00. The van der Waals surface area contributed by atoms with E-state index in [9.17, 15) is 14.4 Å². The van der Waals surface area contributed by atoms with Crippen LogP contribution in [0.3, 0.4) is 0 Å². The first kappa shape index (κ1) is 23.0. The molecule has 0 saturated carbocycles. The van der Waals surface area contributed by atoms with Crippen molar-refractivity contribution in [1.82, 2.24) is 0 Å². The Morgan fingerprint density at radius 3 is 2.31 bits per heavy atom. The van der Waals surface area contributed by atoms with Crippen molar-refractivity contribution >= 4 is 50.7 Å². The van der Waals surface area contributed by atoms with Crippen LogP contribution in [0.25, 0.3) is 0 Å². The predicted molar refractivity (Wildman–Crippen MR) is 135 cm³/mol. The second kappa shape index (κ2) is 8.79. The number of quaternary nitrogens is 1. The largest absolute Gasteiger partial charge is 0.458 e. The predicted octanol–water partition coefficient (Wildman–Crippen LogP) is 3.74. The van der Waals surface area contributed by atoms with E-state index in [1.807, 2.05) is 72.0 Å². The molecular formula is C27H23BrN3O4+. The number of Topliss-reactive ketones (excluding diaryl/α,β-unsaturated/α-hetero) is 1. The molecule has 0 bridgehead atoms. The molecule has 0 spiro atoms. The van der Waals surface area contributed by atoms with E-state index in [1.54, 1.807) is 26.0 Å². The molecule has 2 aliphatic rings. The number of carbonyl (C=O) groups is 3. The highest BCUT2D eigenvalue weighted by atomic mass is 79.9. The average molecular weight is 533 g/mol. The maximum absolute atomic E-state index is 13.7. The third-order valence-electron chi connectivity index (χ3n) is 6.04. The molecule has 1 unspecified atom stereocenters. The lowest BCUT2D eigenvalue weighted by atomic mass is 9.89. The van der Waals surface area contributed by atoms with Gasteiger partial charge in [-0.2, -0.15) is 0 Å². The first-order valence-corrected chi connectivity index (χ1v) is 12.0. The lowest BCUT2D eigenvalue weighted by Crippen LogP contribution is -2.94. The number of nitrogens with one attached hydrogen (secondary N) is 1. The first-order chi connectivity index (χ1) is 16.8. The second-order valence-electron chi connectivity index (χ2n) is 8.64. The maximum Gasteiger partial charge on any atom is 0.355 e. The Labute approximate surface area is 210 Å². The van der Waals surface area contributed by atoms with E-state index in [-0.39, 0.29) is 11.3 Å². The third-order valence-corrected chi connectivity index (χ3v) is 6.57. The number of hydrogen-bond acceptors (Lipinski definition) is 5. The molecule has 35 heavy (non-hydrogen) atoms. The van der Waals surface area contributed by atoms with E-state index in [0.717, 1.165) is 10.2 Å². The highest BCUT2D eigenvalue weighted by molar-refractivity contribution is 9.10. The van der Waals surface area contributed by atoms with Crippen molar-refractivity contribution in [1.29, 1.82) is 0 Å². The molecule has 1 fully saturated rings. The fraction of sp³-hybridized carbons (Fsp3) is 0.148. The lowest BCUT2D eigenvalue weighted by Gasteiger charge is -2.35. The van der Waals surface area contributed by atoms with Crippen molar-refractivity contribution < 1.29 is 24.4 Å². The summed E-state index contributed by atoms with van der Waals surface area (Å²) in [7, 11) is 0. The third kappa shape index (κ3) is 3.75. The van der Waals surface area contributed by atoms with Crippen LogP contribution in [-0.2, 0) is 24.8 Å². The van der Waals surface area contributed by atoms with E-state index >= 15 is 0 Å². The van der Waals surface area contributed by atoms with Crippen LogP contribution in [0.4, 0.5) is 17.1 Å². The summed E-state index contributed by atoms with van der Waals surface area (Å²) in [6.45, 7) is 3.47. The Morgan fingerprint density at radius 1 is 0.971 bits per heavy atom. The molecule has 5 rings (SSSR count). The Hall–Kier alpha value is -3.75. The summed E-state index contributed by atoms with van der Waals surface area (Å²) in [4.78, 5) is 42.3. The zero-order chi connectivity index (χ0) is 24.7. The van der Waals surface area contributed by atoms with Crippen molar-refractivity contribution in [3.63, 3.8) is 0 Å². The van der Waals surface area contributed by atoms with E-state index in [1.165, 1.54) is 4.90 Å². The number of hydrogen-bond donors (Lipinski definition) is 2. The molecule has 0 radical (unpaired) electrons. The van der Waals surface area contributed by atoms with E-state index < -0.39 is 29.4 Å². The minimum Gasteiger partial charge on any atom is -0.458 e. The van der Waals surface area contributed by atoms with E-state index in [0.29, 0.717) is 16.9 Å². The van der Waals surface area contributed by atoms with Gasteiger partial charge in [0.05, 0.1) is 11.8 Å². The number of para-hydroxylation sites is 2. The number of ketones is 1. The molecule has 3 aromatic carbocycles. The Bertz CT molecular complexity index is 1370. The summed E-state index contributed by atoms with van der Waals surface area (Å²) in [5.41, 5.74) is 1.19. The van der Waals surface area contributed by atoms with Gasteiger partial charge in [-0.05, 0) is 44.2 Å². The van der Waals surface area contributed by atoms with Gasteiger partial charge in [-0.1, -0.05) is 58.4 Å². The number of fused-ring (bicyclic) bond motifs is 2. The fourth-order valence-electron chi connectivity index (χ4n) is 4.64. The van der Waals surface area contributed by atoms with Crippen LogP contribution in [0.5, 0.6) is 0 Å². The first-order valence-electron chi connectivity index (χ1n) is 11.2. The fourth-order valence-corrected chi connectivity index (χ4v) is 4.90. The highest BCUT2D eigenvalue weighted by Gasteiger charge is 2.63. The number of amides is 1. The number of nitrogens with zero attached hydrogens (tertiary/aromatic N) is 1. The Kier molecular flexibility index (Phi) is 5.78. The van der Waals surface area contributed by atoms with Crippen LogP contribution in [0, 0.1) is 0 Å². The summed E-state index contributed by atoms with van der Waals surface area (Å²) >= 11 is 3.43. The molecule has 1 amide bonds. The quantitative estimate of drug-likeness (QED) is 0.303. The SMILES string of the molecule is CC(C)OC(=O)C1=C2C(=O)C(=O)N(c3ccc(Br)cc3)C2(c2ccccc2)[NH2+]c2ccccc2N1. The van der Waals surface area contributed by atoms with Crippen LogP contribution in [-0.4, -0.2) is 23.8 Å². The van der Waals surface area contributed by atoms with Gasteiger partial charge in [-0.25, -0.2) is 9.69 Å². The topological polar surface area (TPSA) is 92.3 Å². The normalized spacial score (nSPS) is 19.3. The molecule has 0 aromatic heterocycles. The Balaban J connectivity index is 1.88. The smallest absolute Gasteiger partial charge is 0.355 e. The van der Waals surface area contributed by atoms with Crippen molar-refractivity contribution in [3.8, 4) is 0 Å². The van der Waals surface area contributed by atoms with Crippen LogP contribution in [0.2, 0.25) is 0 Å². The molecule has 1 atom stereocenters. The van der Waals surface area contributed by atoms with Gasteiger partial charge in [0.1, 0.15) is 17.0 Å². The molecule has 176 valence electrons. The van der Waals surface area contributed by atoms with Gasteiger partial charge in [0.25, 0.3) is 5.78 Å². The highest BCUT2D eigenvalue weighted by Crippen LogP contribution is 2.44. The molecule has 0 aliphatic carbocycles. The molecule has 7 nitrogen and oxygen atoms in total. The summed E-state index contributed by atoms with van der Waals surface area (Å²) in [6, 6.07) is 23.8. The molecule has 3 aromatic rings. The van der Waals surface area contributed by atoms with Gasteiger partial charge in [-0.15, -0.1) is 0 Å². The zero-order valence-electron chi connectivity index (χ0n) is 19.1. The van der Waals surface area contributed by atoms with E-state index in [2.05, 4.69) is 21.2 Å². The minimum atomic E-state index is -1.38. The number of anilines is 2. The van der Waals surface area contributed by atoms with E-state index in [4.69, 9.17) is 4.74 Å². The van der Waals surface area contributed by atoms with Gasteiger partial charge >= 0.3 is 11.9 Å². The molecule has 1 saturated heterocycles. The number of nitrogens with two attached hydrogens (primary N) is 1. The van der Waals surface area contributed by atoms with Crippen LogP contribution in [0.1, 0.15) is 19.4 Å². The van der Waals surface area contributed by atoms with Crippen molar-refractivity contribution in [3.05, 3.63) is 100 Å². The monoisotopic (exact) mass is 532 g/mol. The van der Waals surface area contributed by atoms with Crippen molar-refractivity contribution in [2.24, 2.45) is 0 Å². The van der Waals surface area contributed by atoms with Crippen LogP contribution < -0.4 is 15.5 Å². The number of ether oxygens (including phenoxy) is 1. The van der Waals surface area contributed by atoms with Crippen LogP contribution in [0.15, 0.2) is 94.6 Å². The number of rotatable bonds is 4. The van der Waals surface area contributed by atoms with Gasteiger partial charge in [-0.3, -0.25) is 14.9 Å². The summed E-state index contributed by atoms with van der Waals surface area (Å²) in [6.07, 6.45) is -0.416. The molecule has 2 heterocycles. The van der Waals surface area contributed by atoms with Gasteiger partial charge in [0.15, 0.2) is 5.69 Å². The molecule has 2 aliphatic heterocycles. The van der Waals surface area contributed by atoms with Gasteiger partial charge in [0.2, 0.25) is 5.66 Å². The molecule has 8 heteroatoms. The zero-order valence-corrected chi connectivity index (χ0v) is 20.7. The second-order valence-corrected chi connectivity index (χ2v) is 9.55. The summed E-state index contributed by atoms with van der Waals surface area (Å²) < 4.78 is 6.36. The molecular weight excluding hydrogens is 510 g/mol. The van der Waals surface area contributed by atoms with Crippen molar-refractivity contribution in [2.45, 2.75) is 25.6 Å². The average Bonchev–Trinajstić information content (AvgIpc) is 2.97. The summed E-state index contributed by atoms with van der Waals surface area (Å²) in [5.74, 6) is -2.18. The van der Waals surface area contributed by atoms with Gasteiger partial charge < -0.3 is 10.1 Å². The Morgan fingerprint density at radius 2 is 1.63 bits per heavy atom. The lowest BCUT2D eigenvalue weighted by molar-refractivity contribution is -0.648. The van der Waals surface area contributed by atoms with Crippen LogP contribution >= 0.6 is 15.9 Å². The number of benzene rings is 3. The number of carbonyl (C=O) groups excluding carboxylic acids is 3. The van der Waals surface area contributed by atoms with Crippen molar-refractivity contribution in [2.75, 3.05) is 10.2 Å². The standard InChI is InChI=1S/C27H22BrN3O4/c1-16(2)35-26(34)23-22-24(32)25(33)31(19-14-12-18(28)13-15-19)27(22,17-8-4-3-5-9-17)30-21-11-7-6-10-20(21)29-23/h3-16,29-30H,1-2H3/p+1.